The fourth-order valence-electron chi connectivity index (χ4n) is 5.02. The first-order chi connectivity index (χ1) is 23.4. The van der Waals surface area contributed by atoms with Crippen molar-refractivity contribution in [3.63, 3.8) is 0 Å². The third kappa shape index (κ3) is 13.2. The summed E-state index contributed by atoms with van der Waals surface area (Å²) in [4.78, 5) is 11.2. The van der Waals surface area contributed by atoms with Crippen molar-refractivity contribution in [2.75, 3.05) is 77.8 Å². The molecule has 1 aliphatic heterocycles. The number of halogens is 2. The summed E-state index contributed by atoms with van der Waals surface area (Å²) in [6.45, 7) is 19.9. The highest BCUT2D eigenvalue weighted by molar-refractivity contribution is 6.31. The molecule has 13 heteroatoms. The van der Waals surface area contributed by atoms with E-state index < -0.39 is 11.6 Å². The molecule has 11 nitrogen and oxygen atoms in total. The van der Waals surface area contributed by atoms with Crippen LogP contribution in [-0.2, 0) is 23.7 Å². The van der Waals surface area contributed by atoms with Crippen LogP contribution in [0.2, 0.25) is 5.02 Å². The molecule has 1 N–H and O–H groups in total. The van der Waals surface area contributed by atoms with Crippen molar-refractivity contribution >= 4 is 34.0 Å². The predicted octanol–water partition coefficient (Wildman–Crippen LogP) is 7.15. The lowest BCUT2D eigenvalue weighted by molar-refractivity contribution is -0.224. The number of rotatable bonds is 21. The van der Waals surface area contributed by atoms with Gasteiger partial charge in [-0.3, -0.25) is 4.90 Å². The summed E-state index contributed by atoms with van der Waals surface area (Å²) in [6.07, 6.45) is 3.02. The van der Waals surface area contributed by atoms with Crippen LogP contribution in [0.25, 0.3) is 10.9 Å². The second-order valence-corrected chi connectivity index (χ2v) is 13.2. The van der Waals surface area contributed by atoms with Crippen LogP contribution in [-0.4, -0.2) is 98.7 Å². The number of nitrogens with zero attached hydrogens (tertiary/aromatic N) is 3. The van der Waals surface area contributed by atoms with Crippen molar-refractivity contribution in [1.29, 1.82) is 0 Å². The molecule has 0 unspecified atom stereocenters. The van der Waals surface area contributed by atoms with Crippen molar-refractivity contribution in [2.45, 2.75) is 58.8 Å². The predicted molar refractivity (Wildman–Crippen MR) is 188 cm³/mol. The number of allylic oxidation sites excluding steroid dienone is 1. The van der Waals surface area contributed by atoms with E-state index in [1.54, 1.807) is 6.07 Å². The smallest absolute Gasteiger partial charge is 0.163 e. The Hall–Kier alpha value is -3.26. The molecule has 4 rings (SSSR count). The topological polar surface area (TPSA) is 106 Å². The summed E-state index contributed by atoms with van der Waals surface area (Å²) in [5.41, 5.74) is 0.876. The highest BCUT2D eigenvalue weighted by atomic mass is 35.5. The fraction of sp³-hybridized carbons (Fsp3) is 0.556. The van der Waals surface area contributed by atoms with Crippen LogP contribution in [0.4, 0.5) is 15.9 Å². The minimum Gasteiger partial charge on any atom is -0.499 e. The molecule has 0 atom stereocenters. The molecule has 3 aromatic rings. The number of anilines is 2. The standard InChI is InChI=1S/C36H50ClFN4O7/c1-26(2)44-15-10-35(3,4)47-20-21-49-36(5,6)48-19-18-46-33-24-31-28(23-32(33)45-14-7-11-42-12-16-43-17-13-42)34(40-25-39-31)41-27-8-9-30(38)29(37)22-27/h8-9,22-25H,1,7,10-21H2,2-6H3,(H,39,40,41). The highest BCUT2D eigenvalue weighted by Crippen LogP contribution is 2.35. The number of nitrogens with one attached hydrogen (secondary N) is 1. The number of hydrogen-bond acceptors (Lipinski definition) is 11. The maximum Gasteiger partial charge on any atom is 0.163 e. The lowest BCUT2D eigenvalue weighted by atomic mass is 10.1. The average molecular weight is 705 g/mol. The van der Waals surface area contributed by atoms with Gasteiger partial charge in [-0.25, -0.2) is 14.4 Å². The SMILES string of the molecule is C=C(C)OCCC(C)(C)OCCOC(C)(C)OCCOc1cc2ncnc(Nc3ccc(F)c(Cl)c3)c2cc1OCCCN1CCOCC1. The first-order valence-corrected chi connectivity index (χ1v) is 17.1. The van der Waals surface area contributed by atoms with Gasteiger partial charge >= 0.3 is 0 Å². The van der Waals surface area contributed by atoms with E-state index in [1.807, 2.05) is 46.8 Å². The van der Waals surface area contributed by atoms with Gasteiger partial charge in [-0.15, -0.1) is 0 Å². The monoisotopic (exact) mass is 704 g/mol. The zero-order valence-corrected chi connectivity index (χ0v) is 30.1. The Morgan fingerprint density at radius 2 is 1.63 bits per heavy atom. The van der Waals surface area contributed by atoms with Gasteiger partial charge < -0.3 is 38.5 Å². The molecule has 2 aromatic carbocycles. The Morgan fingerprint density at radius 1 is 0.939 bits per heavy atom. The van der Waals surface area contributed by atoms with Crippen molar-refractivity contribution < 1.29 is 37.5 Å². The zero-order chi connectivity index (χ0) is 35.3. The maximum absolute atomic E-state index is 13.8. The van der Waals surface area contributed by atoms with Gasteiger partial charge in [0.15, 0.2) is 17.3 Å². The molecule has 0 radical (unpaired) electrons. The van der Waals surface area contributed by atoms with Crippen molar-refractivity contribution in [2.24, 2.45) is 0 Å². The number of fused-ring (bicyclic) bond motifs is 1. The fourth-order valence-corrected chi connectivity index (χ4v) is 5.20. The number of hydrogen-bond donors (Lipinski definition) is 1. The minimum atomic E-state index is -0.848. The minimum absolute atomic E-state index is 0.0110. The van der Waals surface area contributed by atoms with E-state index in [-0.39, 0.29) is 23.8 Å². The average Bonchev–Trinajstić information content (AvgIpc) is 3.05. The molecule has 0 amide bonds. The van der Waals surface area contributed by atoms with Crippen LogP contribution in [0.5, 0.6) is 11.5 Å². The summed E-state index contributed by atoms with van der Waals surface area (Å²) in [5.74, 6) is 0.945. The molecule has 270 valence electrons. The molecule has 0 saturated carbocycles. The first-order valence-electron chi connectivity index (χ1n) is 16.7. The maximum atomic E-state index is 13.8. The van der Waals surface area contributed by atoms with E-state index in [2.05, 4.69) is 26.8 Å². The number of benzene rings is 2. The van der Waals surface area contributed by atoms with Crippen LogP contribution in [0.15, 0.2) is 49.0 Å². The van der Waals surface area contributed by atoms with E-state index in [1.165, 1.54) is 18.5 Å². The van der Waals surface area contributed by atoms with Gasteiger partial charge in [0.1, 0.15) is 24.6 Å². The molecule has 1 aromatic heterocycles. The Bertz CT molecular complexity index is 1500. The van der Waals surface area contributed by atoms with Crippen LogP contribution in [0.1, 0.15) is 47.5 Å². The van der Waals surface area contributed by atoms with E-state index in [0.29, 0.717) is 66.1 Å². The van der Waals surface area contributed by atoms with Gasteiger partial charge in [-0.1, -0.05) is 18.2 Å². The molecular weight excluding hydrogens is 655 g/mol. The zero-order valence-electron chi connectivity index (χ0n) is 29.3. The van der Waals surface area contributed by atoms with Crippen molar-refractivity contribution in [3.8, 4) is 11.5 Å². The summed E-state index contributed by atoms with van der Waals surface area (Å²) in [5, 5.41) is 3.93. The van der Waals surface area contributed by atoms with Crippen LogP contribution in [0.3, 0.4) is 0 Å². The van der Waals surface area contributed by atoms with E-state index in [4.69, 9.17) is 44.8 Å². The number of ether oxygens (including phenoxy) is 7. The van der Waals surface area contributed by atoms with Crippen LogP contribution < -0.4 is 14.8 Å². The molecule has 1 fully saturated rings. The van der Waals surface area contributed by atoms with Gasteiger partial charge in [-0.05, 0) is 65.3 Å². The molecule has 2 heterocycles. The van der Waals surface area contributed by atoms with Crippen LogP contribution in [0, 0.1) is 5.82 Å². The number of morpholine rings is 1. The van der Waals surface area contributed by atoms with Gasteiger partial charge in [-0.2, -0.15) is 0 Å². The highest BCUT2D eigenvalue weighted by Gasteiger charge is 2.22. The summed E-state index contributed by atoms with van der Waals surface area (Å²) in [7, 11) is 0. The molecule has 0 aliphatic carbocycles. The van der Waals surface area contributed by atoms with Crippen molar-refractivity contribution in [1.82, 2.24) is 14.9 Å². The molecular formula is C36H50ClFN4O7. The van der Waals surface area contributed by atoms with E-state index in [0.717, 1.165) is 45.7 Å². The molecule has 0 spiro atoms. The molecule has 0 bridgehead atoms. The summed E-state index contributed by atoms with van der Waals surface area (Å²) in [6, 6.07) is 8.07. The molecule has 1 saturated heterocycles. The second kappa shape index (κ2) is 18.7. The van der Waals surface area contributed by atoms with Gasteiger partial charge in [0.2, 0.25) is 0 Å². The lowest BCUT2D eigenvalue weighted by Crippen LogP contribution is -2.37. The van der Waals surface area contributed by atoms with Crippen LogP contribution >= 0.6 is 11.6 Å². The summed E-state index contributed by atoms with van der Waals surface area (Å²) < 4.78 is 55.1. The Labute approximate surface area is 294 Å². The third-order valence-corrected chi connectivity index (χ3v) is 8.02. The van der Waals surface area contributed by atoms with Gasteiger partial charge in [0.25, 0.3) is 0 Å². The first kappa shape index (κ1) is 38.5. The van der Waals surface area contributed by atoms with E-state index in [9.17, 15) is 4.39 Å². The van der Waals surface area contributed by atoms with E-state index >= 15 is 0 Å². The number of aromatic nitrogens is 2. The Morgan fingerprint density at radius 3 is 2.37 bits per heavy atom. The largest absolute Gasteiger partial charge is 0.499 e. The lowest BCUT2D eigenvalue weighted by Gasteiger charge is -2.28. The summed E-state index contributed by atoms with van der Waals surface area (Å²) >= 11 is 6.01. The van der Waals surface area contributed by atoms with Gasteiger partial charge in [0, 0.05) is 43.2 Å². The second-order valence-electron chi connectivity index (χ2n) is 12.8. The Balaban J connectivity index is 1.35. The molecule has 1 aliphatic rings. The normalized spacial score (nSPS) is 14.2. The van der Waals surface area contributed by atoms with Gasteiger partial charge in [0.05, 0.1) is 68.1 Å². The third-order valence-electron chi connectivity index (χ3n) is 7.73. The quantitative estimate of drug-likeness (QED) is 0.0694. The Kier molecular flexibility index (Phi) is 14.7. The van der Waals surface area contributed by atoms with Crippen molar-refractivity contribution in [3.05, 3.63) is 59.8 Å². The molecule has 49 heavy (non-hydrogen) atoms.